The maximum atomic E-state index is 12.1. The predicted octanol–water partition coefficient (Wildman–Crippen LogP) is 2.48. The van der Waals surface area contributed by atoms with Crippen molar-refractivity contribution in [2.75, 3.05) is 11.9 Å². The van der Waals surface area contributed by atoms with E-state index in [0.29, 0.717) is 11.4 Å². The average molecular weight is 346 g/mol. The number of esters is 1. The van der Waals surface area contributed by atoms with Crippen LogP contribution in [0.15, 0.2) is 30.5 Å². The molecule has 0 atom stereocenters. The van der Waals surface area contributed by atoms with E-state index in [1.54, 1.807) is 10.7 Å². The van der Waals surface area contributed by atoms with Crippen molar-refractivity contribution >= 4 is 23.4 Å². The molecule has 0 unspecified atom stereocenters. The van der Waals surface area contributed by atoms with Crippen molar-refractivity contribution in [2.24, 2.45) is 0 Å². The monoisotopic (exact) mass is 346 g/mol. The first-order chi connectivity index (χ1) is 11.8. The van der Waals surface area contributed by atoms with Gasteiger partial charge in [-0.05, 0) is 26.8 Å². The number of ether oxygens (including phenoxy) is 1. The Hall–Kier alpha value is -3.23. The number of anilines is 1. The van der Waals surface area contributed by atoms with Crippen molar-refractivity contribution < 1.29 is 19.2 Å². The number of amides is 1. The van der Waals surface area contributed by atoms with Crippen LogP contribution < -0.4 is 5.32 Å². The number of nitrogens with one attached hydrogen (secondary N) is 1. The summed E-state index contributed by atoms with van der Waals surface area (Å²) in [6.45, 7) is 4.76. The molecule has 1 heterocycles. The number of benzene rings is 1. The molecule has 0 aliphatic rings. The molecule has 9 nitrogen and oxygen atoms in total. The molecule has 0 bridgehead atoms. The van der Waals surface area contributed by atoms with Gasteiger partial charge in [0, 0.05) is 17.7 Å². The summed E-state index contributed by atoms with van der Waals surface area (Å²) in [5, 5.41) is 17.8. The standard InChI is InChI=1S/C16H18N4O5/c1-10(2)19-13(7-8-17-19)18-14(21)9-25-16(22)12-6-4-5-11(3)15(12)20(23)24/h4-8,10H,9H2,1-3H3,(H,18,21). The quantitative estimate of drug-likeness (QED) is 0.488. The molecule has 1 aromatic heterocycles. The third kappa shape index (κ3) is 4.19. The Morgan fingerprint density at radius 1 is 1.36 bits per heavy atom. The van der Waals surface area contributed by atoms with E-state index in [0.717, 1.165) is 0 Å². The largest absolute Gasteiger partial charge is 0.452 e. The Morgan fingerprint density at radius 2 is 2.08 bits per heavy atom. The molecule has 0 aliphatic heterocycles. The number of aryl methyl sites for hydroxylation is 1. The van der Waals surface area contributed by atoms with Crippen LogP contribution in [0.1, 0.15) is 35.8 Å². The van der Waals surface area contributed by atoms with Crippen molar-refractivity contribution in [3.8, 4) is 0 Å². The number of hydrogen-bond acceptors (Lipinski definition) is 6. The number of para-hydroxylation sites is 1. The van der Waals surface area contributed by atoms with Crippen LogP contribution in [0.25, 0.3) is 0 Å². The Morgan fingerprint density at radius 3 is 2.72 bits per heavy atom. The second-order valence-electron chi connectivity index (χ2n) is 5.61. The first-order valence-electron chi connectivity index (χ1n) is 7.55. The van der Waals surface area contributed by atoms with Gasteiger partial charge in [-0.2, -0.15) is 5.10 Å². The second kappa shape index (κ2) is 7.56. The van der Waals surface area contributed by atoms with Crippen LogP contribution >= 0.6 is 0 Å². The van der Waals surface area contributed by atoms with Crippen LogP contribution in [-0.2, 0) is 9.53 Å². The lowest BCUT2D eigenvalue weighted by Gasteiger charge is -2.12. The summed E-state index contributed by atoms with van der Waals surface area (Å²) < 4.78 is 6.50. The van der Waals surface area contributed by atoms with Gasteiger partial charge >= 0.3 is 5.97 Å². The van der Waals surface area contributed by atoms with Crippen molar-refractivity contribution in [3.05, 3.63) is 51.7 Å². The van der Waals surface area contributed by atoms with E-state index in [1.165, 1.54) is 31.3 Å². The summed E-state index contributed by atoms with van der Waals surface area (Å²) in [6.07, 6.45) is 1.54. The topological polar surface area (TPSA) is 116 Å². The summed E-state index contributed by atoms with van der Waals surface area (Å²) in [7, 11) is 0. The van der Waals surface area contributed by atoms with Crippen LogP contribution in [0.3, 0.4) is 0 Å². The van der Waals surface area contributed by atoms with E-state index in [1.807, 2.05) is 13.8 Å². The molecule has 1 N–H and O–H groups in total. The second-order valence-corrected chi connectivity index (χ2v) is 5.61. The lowest BCUT2D eigenvalue weighted by Crippen LogP contribution is -2.23. The highest BCUT2D eigenvalue weighted by molar-refractivity contribution is 5.97. The summed E-state index contributed by atoms with van der Waals surface area (Å²) >= 11 is 0. The zero-order valence-electron chi connectivity index (χ0n) is 14.1. The summed E-state index contributed by atoms with van der Waals surface area (Å²) in [5.41, 5.74) is -0.180. The first-order valence-corrected chi connectivity index (χ1v) is 7.55. The lowest BCUT2D eigenvalue weighted by molar-refractivity contribution is -0.385. The van der Waals surface area contributed by atoms with Gasteiger partial charge in [0.05, 0.1) is 11.1 Å². The number of rotatable bonds is 6. The average Bonchev–Trinajstić information content (AvgIpc) is 3.00. The molecule has 0 fully saturated rings. The van der Waals surface area contributed by atoms with Crippen molar-refractivity contribution in [1.82, 2.24) is 9.78 Å². The lowest BCUT2D eigenvalue weighted by atomic mass is 10.1. The summed E-state index contributed by atoms with van der Waals surface area (Å²) in [6, 6.07) is 5.99. The molecular weight excluding hydrogens is 328 g/mol. The molecule has 132 valence electrons. The number of carbonyl (C=O) groups excluding carboxylic acids is 2. The normalized spacial score (nSPS) is 10.6. The minimum atomic E-state index is -0.928. The number of nitro groups is 1. The number of carbonyl (C=O) groups is 2. The van der Waals surface area contributed by atoms with Crippen LogP contribution in [0, 0.1) is 17.0 Å². The Kier molecular flexibility index (Phi) is 5.48. The van der Waals surface area contributed by atoms with Gasteiger partial charge in [0.25, 0.3) is 11.6 Å². The molecule has 0 saturated heterocycles. The minimum absolute atomic E-state index is 0.0443. The smallest absolute Gasteiger partial charge is 0.345 e. The minimum Gasteiger partial charge on any atom is -0.452 e. The molecule has 0 aliphatic carbocycles. The number of nitro benzene ring substituents is 1. The third-order valence-electron chi connectivity index (χ3n) is 3.40. The fourth-order valence-corrected chi connectivity index (χ4v) is 2.28. The van der Waals surface area contributed by atoms with Crippen LogP contribution in [0.5, 0.6) is 0 Å². The first kappa shape index (κ1) is 18.1. The molecule has 2 rings (SSSR count). The Balaban J connectivity index is 2.03. The van der Waals surface area contributed by atoms with Gasteiger partial charge in [-0.3, -0.25) is 14.9 Å². The van der Waals surface area contributed by atoms with Crippen LogP contribution in [0.2, 0.25) is 0 Å². The zero-order chi connectivity index (χ0) is 18.6. The van der Waals surface area contributed by atoms with Gasteiger partial charge in [0.15, 0.2) is 6.61 Å². The highest BCUT2D eigenvalue weighted by Crippen LogP contribution is 2.23. The number of hydrogen-bond donors (Lipinski definition) is 1. The molecule has 0 radical (unpaired) electrons. The SMILES string of the molecule is Cc1cccc(C(=O)OCC(=O)Nc2ccnn2C(C)C)c1[N+](=O)[O-]. The van der Waals surface area contributed by atoms with Gasteiger partial charge in [0.2, 0.25) is 0 Å². The molecular formula is C16H18N4O5. The van der Waals surface area contributed by atoms with E-state index in [2.05, 4.69) is 10.4 Å². The van der Waals surface area contributed by atoms with E-state index in [-0.39, 0.29) is 17.3 Å². The summed E-state index contributed by atoms with van der Waals surface area (Å²) in [5.74, 6) is -1.02. The molecule has 1 amide bonds. The summed E-state index contributed by atoms with van der Waals surface area (Å²) in [4.78, 5) is 34.5. The van der Waals surface area contributed by atoms with Crippen LogP contribution in [0.4, 0.5) is 11.5 Å². The third-order valence-corrected chi connectivity index (χ3v) is 3.40. The fraction of sp³-hybridized carbons (Fsp3) is 0.312. The fourth-order valence-electron chi connectivity index (χ4n) is 2.28. The maximum Gasteiger partial charge on any atom is 0.345 e. The number of aromatic nitrogens is 2. The van der Waals surface area contributed by atoms with Gasteiger partial charge < -0.3 is 10.1 Å². The molecule has 0 spiro atoms. The predicted molar refractivity (Wildman–Crippen MR) is 89.4 cm³/mol. The molecule has 25 heavy (non-hydrogen) atoms. The van der Waals surface area contributed by atoms with E-state index in [4.69, 9.17) is 4.74 Å². The van der Waals surface area contributed by atoms with Crippen molar-refractivity contribution in [3.63, 3.8) is 0 Å². The van der Waals surface area contributed by atoms with E-state index < -0.39 is 23.4 Å². The van der Waals surface area contributed by atoms with Crippen LogP contribution in [-0.4, -0.2) is 33.2 Å². The molecule has 0 saturated carbocycles. The van der Waals surface area contributed by atoms with E-state index in [9.17, 15) is 19.7 Å². The highest BCUT2D eigenvalue weighted by atomic mass is 16.6. The van der Waals surface area contributed by atoms with E-state index >= 15 is 0 Å². The van der Waals surface area contributed by atoms with Gasteiger partial charge in [0.1, 0.15) is 11.4 Å². The molecule has 1 aromatic carbocycles. The maximum absolute atomic E-state index is 12.1. The number of nitrogens with zero attached hydrogens (tertiary/aromatic N) is 3. The van der Waals surface area contributed by atoms with Gasteiger partial charge in [-0.1, -0.05) is 12.1 Å². The van der Waals surface area contributed by atoms with Crippen molar-refractivity contribution in [1.29, 1.82) is 0 Å². The Bertz CT molecular complexity index is 813. The van der Waals surface area contributed by atoms with Crippen molar-refractivity contribution in [2.45, 2.75) is 26.8 Å². The molecule has 9 heteroatoms. The highest BCUT2D eigenvalue weighted by Gasteiger charge is 2.24. The Labute approximate surface area is 143 Å². The van der Waals surface area contributed by atoms with Gasteiger partial charge in [-0.25, -0.2) is 9.48 Å². The van der Waals surface area contributed by atoms with Gasteiger partial charge in [-0.15, -0.1) is 0 Å². The molecule has 2 aromatic rings. The zero-order valence-corrected chi connectivity index (χ0v) is 14.1.